The molecular formula is C22H30N2O2. The summed E-state index contributed by atoms with van der Waals surface area (Å²) < 4.78 is 0. The van der Waals surface area contributed by atoms with Crippen molar-refractivity contribution in [2.24, 2.45) is 11.3 Å². The van der Waals surface area contributed by atoms with E-state index in [0.29, 0.717) is 18.4 Å². The summed E-state index contributed by atoms with van der Waals surface area (Å²) in [6, 6.07) is 10.5. The second-order valence-corrected chi connectivity index (χ2v) is 8.40. The van der Waals surface area contributed by atoms with Gasteiger partial charge in [-0.25, -0.2) is 0 Å². The molecule has 1 aliphatic carbocycles. The summed E-state index contributed by atoms with van der Waals surface area (Å²) in [6.45, 7) is 3.16. The number of hydrogen-bond acceptors (Lipinski definition) is 2. The maximum Gasteiger partial charge on any atom is 0.230 e. The Balaban J connectivity index is 1.33. The number of piperidine rings is 1. The van der Waals surface area contributed by atoms with Crippen molar-refractivity contribution in [3.05, 3.63) is 35.9 Å². The zero-order valence-corrected chi connectivity index (χ0v) is 15.7. The number of hydrogen-bond donors (Lipinski definition) is 0. The number of carbonyl (C=O) groups excluding carboxylic acids is 2. The highest BCUT2D eigenvalue weighted by molar-refractivity contribution is 5.86. The first-order valence-corrected chi connectivity index (χ1v) is 10.3. The minimum absolute atomic E-state index is 0.241. The molecule has 1 saturated carbocycles. The maximum absolute atomic E-state index is 13.2. The normalized spacial score (nSPS) is 26.4. The SMILES string of the molecule is O=C(C1CCC1)N1CCC2(CCCN(CCCc3ccccc3)C2=O)C1. The summed E-state index contributed by atoms with van der Waals surface area (Å²) >= 11 is 0. The fourth-order valence-corrected chi connectivity index (χ4v) is 4.84. The topological polar surface area (TPSA) is 40.6 Å². The average Bonchev–Trinajstić information content (AvgIpc) is 3.03. The molecule has 1 aromatic rings. The van der Waals surface area contributed by atoms with Crippen LogP contribution in [-0.4, -0.2) is 47.8 Å². The van der Waals surface area contributed by atoms with Crippen LogP contribution in [0.1, 0.15) is 50.5 Å². The zero-order valence-electron chi connectivity index (χ0n) is 15.7. The Hall–Kier alpha value is -1.84. The van der Waals surface area contributed by atoms with Crippen LogP contribution in [0, 0.1) is 11.3 Å². The van der Waals surface area contributed by atoms with Gasteiger partial charge in [-0.15, -0.1) is 0 Å². The van der Waals surface area contributed by atoms with Gasteiger partial charge in [-0.2, -0.15) is 0 Å². The lowest BCUT2D eigenvalue weighted by Crippen LogP contribution is -2.51. The van der Waals surface area contributed by atoms with Crippen LogP contribution in [0.25, 0.3) is 0 Å². The molecule has 4 rings (SSSR count). The van der Waals surface area contributed by atoms with Crippen LogP contribution in [0.2, 0.25) is 0 Å². The largest absolute Gasteiger partial charge is 0.342 e. The third-order valence-electron chi connectivity index (χ3n) is 6.68. The van der Waals surface area contributed by atoms with Gasteiger partial charge in [0.05, 0.1) is 5.41 Å². The Labute approximate surface area is 156 Å². The molecule has 1 unspecified atom stereocenters. The van der Waals surface area contributed by atoms with Crippen LogP contribution in [-0.2, 0) is 16.0 Å². The number of nitrogens with zero attached hydrogens (tertiary/aromatic N) is 2. The molecule has 0 bridgehead atoms. The van der Waals surface area contributed by atoms with Gasteiger partial charge >= 0.3 is 0 Å². The Morgan fingerprint density at radius 1 is 1.08 bits per heavy atom. The average molecular weight is 354 g/mol. The number of amides is 2. The molecule has 2 saturated heterocycles. The van der Waals surface area contributed by atoms with Gasteiger partial charge in [0.1, 0.15) is 0 Å². The second-order valence-electron chi connectivity index (χ2n) is 8.40. The van der Waals surface area contributed by atoms with E-state index in [9.17, 15) is 9.59 Å². The van der Waals surface area contributed by atoms with Gasteiger partial charge in [0.2, 0.25) is 11.8 Å². The molecule has 1 atom stereocenters. The molecule has 2 amide bonds. The Bertz CT molecular complexity index is 655. The van der Waals surface area contributed by atoms with E-state index in [1.54, 1.807) is 0 Å². The predicted octanol–water partition coefficient (Wildman–Crippen LogP) is 3.26. The van der Waals surface area contributed by atoms with Gasteiger partial charge in [0, 0.05) is 32.1 Å². The quantitative estimate of drug-likeness (QED) is 0.814. The number of likely N-dealkylation sites (tertiary alicyclic amines) is 2. The van der Waals surface area contributed by atoms with Crippen molar-refractivity contribution in [3.8, 4) is 0 Å². The summed E-state index contributed by atoms with van der Waals surface area (Å²) in [5.41, 5.74) is 1.05. The minimum Gasteiger partial charge on any atom is -0.342 e. The molecule has 1 aromatic carbocycles. The van der Waals surface area contributed by atoms with Crippen molar-refractivity contribution in [3.63, 3.8) is 0 Å². The highest BCUT2D eigenvalue weighted by Gasteiger charge is 2.50. The van der Waals surface area contributed by atoms with Crippen molar-refractivity contribution >= 4 is 11.8 Å². The number of rotatable bonds is 5. The Morgan fingerprint density at radius 2 is 1.88 bits per heavy atom. The zero-order chi connectivity index (χ0) is 18.0. The van der Waals surface area contributed by atoms with E-state index in [2.05, 4.69) is 29.2 Å². The van der Waals surface area contributed by atoms with Gasteiger partial charge in [-0.05, 0) is 50.5 Å². The van der Waals surface area contributed by atoms with E-state index < -0.39 is 0 Å². The van der Waals surface area contributed by atoms with Crippen molar-refractivity contribution < 1.29 is 9.59 Å². The summed E-state index contributed by atoms with van der Waals surface area (Å²) in [5.74, 6) is 0.855. The first-order valence-electron chi connectivity index (χ1n) is 10.3. The maximum atomic E-state index is 13.2. The lowest BCUT2D eigenvalue weighted by Gasteiger charge is -2.39. The van der Waals surface area contributed by atoms with Crippen LogP contribution in [0.4, 0.5) is 0 Å². The lowest BCUT2D eigenvalue weighted by atomic mass is 9.78. The summed E-state index contributed by atoms with van der Waals surface area (Å²) in [4.78, 5) is 29.8. The van der Waals surface area contributed by atoms with Gasteiger partial charge < -0.3 is 9.80 Å². The third-order valence-corrected chi connectivity index (χ3v) is 6.68. The summed E-state index contributed by atoms with van der Waals surface area (Å²) in [6.07, 6.45) is 8.19. The van der Waals surface area contributed by atoms with E-state index in [4.69, 9.17) is 0 Å². The van der Waals surface area contributed by atoms with E-state index in [-0.39, 0.29) is 11.3 Å². The van der Waals surface area contributed by atoms with Crippen LogP contribution in [0.3, 0.4) is 0 Å². The van der Waals surface area contributed by atoms with Crippen LogP contribution in [0.5, 0.6) is 0 Å². The molecule has 26 heavy (non-hydrogen) atoms. The molecule has 1 spiro atoms. The molecule has 4 nitrogen and oxygen atoms in total. The van der Waals surface area contributed by atoms with E-state index in [1.165, 1.54) is 12.0 Å². The third kappa shape index (κ3) is 3.38. The predicted molar refractivity (Wildman–Crippen MR) is 102 cm³/mol. The molecule has 2 aliphatic heterocycles. The van der Waals surface area contributed by atoms with Crippen molar-refractivity contribution in [1.29, 1.82) is 0 Å². The van der Waals surface area contributed by atoms with E-state index in [1.807, 2.05) is 11.0 Å². The molecule has 0 radical (unpaired) electrons. The Morgan fingerprint density at radius 3 is 2.62 bits per heavy atom. The number of benzene rings is 1. The first-order chi connectivity index (χ1) is 12.7. The summed E-state index contributed by atoms with van der Waals surface area (Å²) in [7, 11) is 0. The fraction of sp³-hybridized carbons (Fsp3) is 0.636. The molecule has 4 heteroatoms. The van der Waals surface area contributed by atoms with E-state index >= 15 is 0 Å². The molecule has 0 N–H and O–H groups in total. The van der Waals surface area contributed by atoms with Crippen molar-refractivity contribution in [1.82, 2.24) is 9.80 Å². The van der Waals surface area contributed by atoms with Crippen LogP contribution < -0.4 is 0 Å². The number of aryl methyl sites for hydroxylation is 1. The fourth-order valence-electron chi connectivity index (χ4n) is 4.84. The lowest BCUT2D eigenvalue weighted by molar-refractivity contribution is -0.146. The van der Waals surface area contributed by atoms with Gasteiger partial charge in [0.25, 0.3) is 0 Å². The van der Waals surface area contributed by atoms with Crippen LogP contribution >= 0.6 is 0 Å². The number of carbonyl (C=O) groups is 2. The highest BCUT2D eigenvalue weighted by Crippen LogP contribution is 2.41. The van der Waals surface area contributed by atoms with Gasteiger partial charge in [-0.1, -0.05) is 36.8 Å². The molecule has 3 aliphatic rings. The van der Waals surface area contributed by atoms with Gasteiger partial charge in [0.15, 0.2) is 0 Å². The van der Waals surface area contributed by atoms with Gasteiger partial charge in [-0.3, -0.25) is 9.59 Å². The van der Waals surface area contributed by atoms with Crippen LogP contribution in [0.15, 0.2) is 30.3 Å². The van der Waals surface area contributed by atoms with Crippen molar-refractivity contribution in [2.75, 3.05) is 26.2 Å². The van der Waals surface area contributed by atoms with E-state index in [0.717, 1.165) is 64.6 Å². The highest BCUT2D eigenvalue weighted by atomic mass is 16.2. The first kappa shape index (κ1) is 17.6. The molecule has 3 fully saturated rings. The molecule has 0 aromatic heterocycles. The smallest absolute Gasteiger partial charge is 0.230 e. The minimum atomic E-state index is -0.287. The summed E-state index contributed by atoms with van der Waals surface area (Å²) in [5, 5.41) is 0. The standard InChI is InChI=1S/C22H30N2O2/c25-20(19-10-4-11-19)24-16-13-22(17-24)12-6-15-23(21(22)26)14-5-9-18-7-2-1-3-8-18/h1-3,7-8,19H,4-6,9-17H2. The monoisotopic (exact) mass is 354 g/mol. The second kappa shape index (κ2) is 7.42. The Kier molecular flexibility index (Phi) is 5.01. The molecular weight excluding hydrogens is 324 g/mol. The molecule has 140 valence electrons. The molecule has 2 heterocycles. The van der Waals surface area contributed by atoms with Crippen molar-refractivity contribution in [2.45, 2.75) is 51.4 Å².